The lowest BCUT2D eigenvalue weighted by atomic mass is 10.0. The van der Waals surface area contributed by atoms with E-state index < -0.39 is 23.7 Å². The number of carbonyl (C=O) groups excluding carboxylic acids is 2. The van der Waals surface area contributed by atoms with Crippen molar-refractivity contribution in [2.75, 3.05) is 6.61 Å². The minimum absolute atomic E-state index is 0.239. The third-order valence-corrected chi connectivity index (χ3v) is 3.97. The summed E-state index contributed by atoms with van der Waals surface area (Å²) in [6, 6.07) is 11.1. The Bertz CT molecular complexity index is 822. The Labute approximate surface area is 164 Å². The van der Waals surface area contributed by atoms with Crippen LogP contribution < -0.4 is 20.3 Å². The number of nitrogens with one attached hydrogen (secondary N) is 2. The maximum Gasteiger partial charge on any atom is 0.279 e. The summed E-state index contributed by atoms with van der Waals surface area (Å²) in [5, 5.41) is 0. The van der Waals surface area contributed by atoms with E-state index in [2.05, 4.69) is 10.9 Å². The van der Waals surface area contributed by atoms with E-state index in [1.165, 1.54) is 31.2 Å². The molecule has 0 radical (unpaired) electrons. The second kappa shape index (κ2) is 9.73. The van der Waals surface area contributed by atoms with Crippen molar-refractivity contribution >= 4 is 11.8 Å². The highest BCUT2D eigenvalue weighted by molar-refractivity contribution is 5.85. The van der Waals surface area contributed by atoms with Crippen molar-refractivity contribution in [3.8, 4) is 11.5 Å². The van der Waals surface area contributed by atoms with E-state index in [4.69, 9.17) is 9.47 Å². The quantitative estimate of drug-likeness (QED) is 0.714. The van der Waals surface area contributed by atoms with Crippen LogP contribution >= 0.6 is 0 Å². The van der Waals surface area contributed by atoms with Crippen LogP contribution in [-0.2, 0) is 9.59 Å². The number of hydrogen-bond acceptors (Lipinski definition) is 4. The van der Waals surface area contributed by atoms with E-state index in [1.54, 1.807) is 0 Å². The Hall–Kier alpha value is -3.09. The number of amides is 2. The van der Waals surface area contributed by atoms with Crippen molar-refractivity contribution in [2.24, 2.45) is 0 Å². The summed E-state index contributed by atoms with van der Waals surface area (Å²) in [7, 11) is 0. The largest absolute Gasteiger partial charge is 0.483 e. The van der Waals surface area contributed by atoms with Crippen molar-refractivity contribution in [1.29, 1.82) is 0 Å². The summed E-state index contributed by atoms with van der Waals surface area (Å²) in [4.78, 5) is 24.0. The molecule has 2 aromatic rings. The minimum atomic E-state index is -0.879. The molecule has 0 heterocycles. The second-order valence-electron chi connectivity index (χ2n) is 6.74. The maximum atomic E-state index is 12.9. The first-order chi connectivity index (χ1) is 13.3. The summed E-state index contributed by atoms with van der Waals surface area (Å²) >= 11 is 0. The van der Waals surface area contributed by atoms with Gasteiger partial charge in [-0.05, 0) is 61.2 Å². The zero-order chi connectivity index (χ0) is 20.7. The molecule has 6 nitrogen and oxygen atoms in total. The summed E-state index contributed by atoms with van der Waals surface area (Å²) in [5.74, 6) is -0.202. The van der Waals surface area contributed by atoms with Gasteiger partial charge in [0.2, 0.25) is 0 Å². The van der Waals surface area contributed by atoms with Crippen LogP contribution in [0.1, 0.15) is 37.8 Å². The first kappa shape index (κ1) is 21.2. The molecule has 0 bridgehead atoms. The molecule has 0 unspecified atom stereocenters. The van der Waals surface area contributed by atoms with Gasteiger partial charge in [0.1, 0.15) is 17.3 Å². The van der Waals surface area contributed by atoms with Gasteiger partial charge in [-0.3, -0.25) is 20.4 Å². The Kier molecular flexibility index (Phi) is 7.37. The molecule has 0 spiro atoms. The normalized spacial score (nSPS) is 11.6. The Balaban J connectivity index is 1.81. The summed E-state index contributed by atoms with van der Waals surface area (Å²) in [5.41, 5.74) is 6.60. The molecule has 0 saturated carbocycles. The van der Waals surface area contributed by atoms with E-state index in [0.29, 0.717) is 11.5 Å². The molecule has 7 heteroatoms. The summed E-state index contributed by atoms with van der Waals surface area (Å²) < 4.78 is 23.9. The molecule has 0 saturated heterocycles. The van der Waals surface area contributed by atoms with Gasteiger partial charge >= 0.3 is 0 Å². The molecule has 0 aliphatic heterocycles. The Morgan fingerprint density at radius 2 is 1.71 bits per heavy atom. The van der Waals surface area contributed by atoms with E-state index in [1.807, 2.05) is 39.0 Å². The van der Waals surface area contributed by atoms with Crippen LogP contribution in [-0.4, -0.2) is 24.5 Å². The van der Waals surface area contributed by atoms with E-state index in [-0.39, 0.29) is 12.5 Å². The fourth-order valence-corrected chi connectivity index (χ4v) is 2.43. The van der Waals surface area contributed by atoms with E-state index in [0.717, 1.165) is 11.1 Å². The van der Waals surface area contributed by atoms with Gasteiger partial charge in [-0.1, -0.05) is 26.0 Å². The molecule has 0 fully saturated rings. The summed E-state index contributed by atoms with van der Waals surface area (Å²) in [6.45, 7) is 7.31. The number of aryl methyl sites for hydroxylation is 1. The zero-order valence-corrected chi connectivity index (χ0v) is 16.4. The van der Waals surface area contributed by atoms with Gasteiger partial charge in [-0.25, -0.2) is 4.39 Å². The number of rotatable bonds is 7. The van der Waals surface area contributed by atoms with Crippen LogP contribution in [0.15, 0.2) is 42.5 Å². The highest BCUT2D eigenvalue weighted by atomic mass is 19.1. The van der Waals surface area contributed by atoms with Crippen molar-refractivity contribution in [1.82, 2.24) is 10.9 Å². The number of halogens is 1. The van der Waals surface area contributed by atoms with Crippen LogP contribution in [0.3, 0.4) is 0 Å². The second-order valence-corrected chi connectivity index (χ2v) is 6.74. The molecule has 2 amide bonds. The lowest BCUT2D eigenvalue weighted by molar-refractivity contribution is -0.133. The van der Waals surface area contributed by atoms with Gasteiger partial charge in [0.05, 0.1) is 0 Å². The Morgan fingerprint density at radius 3 is 2.36 bits per heavy atom. The monoisotopic (exact) mass is 388 g/mol. The van der Waals surface area contributed by atoms with Gasteiger partial charge in [0.25, 0.3) is 11.8 Å². The molecule has 28 heavy (non-hydrogen) atoms. The average molecular weight is 388 g/mol. The van der Waals surface area contributed by atoms with Crippen LogP contribution in [0.2, 0.25) is 0 Å². The third-order valence-electron chi connectivity index (χ3n) is 3.97. The van der Waals surface area contributed by atoms with Crippen LogP contribution in [0.5, 0.6) is 11.5 Å². The first-order valence-corrected chi connectivity index (χ1v) is 9.00. The molecule has 150 valence electrons. The lowest BCUT2D eigenvalue weighted by Crippen LogP contribution is -2.48. The molecule has 2 rings (SSSR count). The zero-order valence-electron chi connectivity index (χ0n) is 16.4. The number of hydrogen-bond donors (Lipinski definition) is 2. The fourth-order valence-electron chi connectivity index (χ4n) is 2.43. The summed E-state index contributed by atoms with van der Waals surface area (Å²) in [6.07, 6.45) is -0.879. The van der Waals surface area contributed by atoms with Gasteiger partial charge < -0.3 is 9.47 Å². The Morgan fingerprint density at radius 1 is 1.04 bits per heavy atom. The molecular formula is C21H25FN2O4. The van der Waals surface area contributed by atoms with Crippen LogP contribution in [0.25, 0.3) is 0 Å². The number of carbonyl (C=O) groups is 2. The van der Waals surface area contributed by atoms with Gasteiger partial charge in [-0.15, -0.1) is 0 Å². The molecule has 2 aromatic carbocycles. The number of benzene rings is 2. The van der Waals surface area contributed by atoms with E-state index in [9.17, 15) is 14.0 Å². The predicted molar refractivity (Wildman–Crippen MR) is 104 cm³/mol. The molecule has 0 aliphatic rings. The van der Waals surface area contributed by atoms with Crippen molar-refractivity contribution < 1.29 is 23.5 Å². The molecule has 1 atom stereocenters. The van der Waals surface area contributed by atoms with E-state index >= 15 is 0 Å². The fraction of sp³-hybridized carbons (Fsp3) is 0.333. The maximum absolute atomic E-state index is 12.9. The predicted octanol–water partition coefficient (Wildman–Crippen LogP) is 3.25. The smallest absolute Gasteiger partial charge is 0.279 e. The topological polar surface area (TPSA) is 76.7 Å². The number of ether oxygens (including phenoxy) is 2. The molecule has 0 aliphatic carbocycles. The average Bonchev–Trinajstić information content (AvgIpc) is 2.65. The SMILES string of the molecule is Cc1ccc(C(C)C)c(OCC(=O)NNC(=O)[C@H](C)Oc2ccc(F)cc2)c1. The lowest BCUT2D eigenvalue weighted by Gasteiger charge is -2.16. The molecular weight excluding hydrogens is 363 g/mol. The van der Waals surface area contributed by atoms with Crippen LogP contribution in [0, 0.1) is 12.7 Å². The highest BCUT2D eigenvalue weighted by Gasteiger charge is 2.16. The third kappa shape index (κ3) is 6.26. The van der Waals surface area contributed by atoms with Gasteiger partial charge in [0.15, 0.2) is 12.7 Å². The highest BCUT2D eigenvalue weighted by Crippen LogP contribution is 2.27. The molecule has 2 N–H and O–H groups in total. The molecule has 0 aromatic heterocycles. The number of hydrazine groups is 1. The standard InChI is InChI=1S/C21H25FN2O4/c1-13(2)18-10-5-14(3)11-19(18)27-12-20(25)23-24-21(26)15(4)28-17-8-6-16(22)7-9-17/h5-11,13,15H,12H2,1-4H3,(H,23,25)(H,24,26)/t15-/m0/s1. The first-order valence-electron chi connectivity index (χ1n) is 9.00. The van der Waals surface area contributed by atoms with Crippen molar-refractivity contribution in [2.45, 2.75) is 39.7 Å². The van der Waals surface area contributed by atoms with Crippen LogP contribution in [0.4, 0.5) is 4.39 Å². The minimum Gasteiger partial charge on any atom is -0.483 e. The van der Waals surface area contributed by atoms with Gasteiger partial charge in [-0.2, -0.15) is 0 Å². The van der Waals surface area contributed by atoms with Crippen molar-refractivity contribution in [3.63, 3.8) is 0 Å². The van der Waals surface area contributed by atoms with Gasteiger partial charge in [0, 0.05) is 0 Å². The van der Waals surface area contributed by atoms with Crippen molar-refractivity contribution in [3.05, 3.63) is 59.4 Å².